The summed E-state index contributed by atoms with van der Waals surface area (Å²) in [6, 6.07) is 7.99. The van der Waals surface area contributed by atoms with Crippen molar-refractivity contribution < 1.29 is 17.9 Å². The molecule has 0 spiro atoms. The van der Waals surface area contributed by atoms with Crippen LogP contribution in [-0.2, 0) is 16.6 Å². The molecule has 1 amide bonds. The fourth-order valence-corrected chi connectivity index (χ4v) is 4.04. The van der Waals surface area contributed by atoms with E-state index in [4.69, 9.17) is 16.3 Å². The summed E-state index contributed by atoms with van der Waals surface area (Å²) in [5, 5.41) is 3.26. The molecule has 0 saturated carbocycles. The molecule has 0 aliphatic carbocycles. The van der Waals surface area contributed by atoms with Crippen LogP contribution in [0.5, 0.6) is 5.75 Å². The van der Waals surface area contributed by atoms with Gasteiger partial charge in [-0.3, -0.25) is 4.79 Å². The van der Waals surface area contributed by atoms with Crippen molar-refractivity contribution >= 4 is 38.9 Å². The Hall–Kier alpha value is -1.61. The summed E-state index contributed by atoms with van der Waals surface area (Å²) in [5.41, 5.74) is 0.768. The van der Waals surface area contributed by atoms with E-state index in [0.29, 0.717) is 15.6 Å². The lowest BCUT2D eigenvalue weighted by atomic mass is 10.2. The smallest absolute Gasteiger partial charge is 0.261 e. The van der Waals surface area contributed by atoms with Gasteiger partial charge in [0.1, 0.15) is 9.96 Å². The van der Waals surface area contributed by atoms with Crippen LogP contribution < -0.4 is 14.8 Å². The quantitative estimate of drug-likeness (QED) is 0.812. The van der Waals surface area contributed by atoms with E-state index in [-0.39, 0.29) is 16.7 Å². The molecule has 0 radical (unpaired) electrons. The highest BCUT2D eigenvalue weighted by atomic mass is 35.5. The minimum atomic E-state index is -3.54. The predicted molar refractivity (Wildman–Crippen MR) is 89.7 cm³/mol. The minimum Gasteiger partial charge on any atom is -0.496 e. The third kappa shape index (κ3) is 4.23. The molecule has 1 aromatic heterocycles. The van der Waals surface area contributed by atoms with Gasteiger partial charge in [-0.15, -0.1) is 11.3 Å². The third-order valence-corrected chi connectivity index (χ3v) is 6.25. The normalized spacial score (nSPS) is 11.3. The van der Waals surface area contributed by atoms with Crippen LogP contribution in [-0.4, -0.2) is 28.5 Å². The number of sulfonamides is 1. The molecule has 1 heterocycles. The summed E-state index contributed by atoms with van der Waals surface area (Å²) in [7, 11) is -0.700. The van der Waals surface area contributed by atoms with E-state index in [1.54, 1.807) is 18.2 Å². The number of carbonyl (C=O) groups is 1. The molecule has 124 valence electrons. The van der Waals surface area contributed by atoms with Gasteiger partial charge >= 0.3 is 0 Å². The van der Waals surface area contributed by atoms with Crippen molar-refractivity contribution in [3.8, 4) is 5.75 Å². The number of thiophene rings is 1. The number of benzene rings is 1. The summed E-state index contributed by atoms with van der Waals surface area (Å²) < 4.78 is 30.8. The van der Waals surface area contributed by atoms with Gasteiger partial charge in [-0.2, -0.15) is 0 Å². The molecular weight excluding hydrogens is 360 g/mol. The largest absolute Gasteiger partial charge is 0.496 e. The van der Waals surface area contributed by atoms with Crippen molar-refractivity contribution in [3.05, 3.63) is 45.8 Å². The molecule has 0 aliphatic rings. The molecule has 9 heteroatoms. The fourth-order valence-electron chi connectivity index (χ4n) is 1.81. The van der Waals surface area contributed by atoms with Gasteiger partial charge in [0, 0.05) is 17.1 Å². The highest BCUT2D eigenvalue weighted by Crippen LogP contribution is 2.24. The summed E-state index contributed by atoms with van der Waals surface area (Å²) in [6.45, 7) is 0.241. The number of hydrogen-bond donors (Lipinski definition) is 2. The highest BCUT2D eigenvalue weighted by molar-refractivity contribution is 7.91. The summed E-state index contributed by atoms with van der Waals surface area (Å²) in [5.74, 6) is 0.215. The Morgan fingerprint density at radius 1 is 1.30 bits per heavy atom. The van der Waals surface area contributed by atoms with E-state index in [1.807, 2.05) is 0 Å². The van der Waals surface area contributed by atoms with Crippen LogP contribution in [0, 0.1) is 0 Å². The first kappa shape index (κ1) is 17.7. The number of nitrogens with one attached hydrogen (secondary N) is 2. The Labute approximate surface area is 143 Å². The first-order valence-electron chi connectivity index (χ1n) is 6.51. The summed E-state index contributed by atoms with van der Waals surface area (Å²) in [6.07, 6.45) is 0. The topological polar surface area (TPSA) is 84.5 Å². The van der Waals surface area contributed by atoms with Crippen molar-refractivity contribution in [1.29, 1.82) is 0 Å². The monoisotopic (exact) mass is 374 g/mol. The van der Waals surface area contributed by atoms with E-state index in [9.17, 15) is 13.2 Å². The van der Waals surface area contributed by atoms with Gasteiger partial charge in [0.25, 0.3) is 5.91 Å². The average molecular weight is 375 g/mol. The van der Waals surface area contributed by atoms with Crippen molar-refractivity contribution in [2.24, 2.45) is 0 Å². The summed E-state index contributed by atoms with van der Waals surface area (Å²) in [4.78, 5) is 12.4. The molecule has 2 aromatic rings. The first-order chi connectivity index (χ1) is 10.9. The van der Waals surface area contributed by atoms with Crippen LogP contribution in [0.1, 0.15) is 15.2 Å². The molecule has 0 bridgehead atoms. The molecule has 1 aromatic carbocycles. The van der Waals surface area contributed by atoms with E-state index < -0.39 is 10.0 Å². The second-order valence-electron chi connectivity index (χ2n) is 4.47. The molecule has 0 fully saturated rings. The fraction of sp³-hybridized carbons (Fsp3) is 0.214. The maximum atomic E-state index is 12.1. The van der Waals surface area contributed by atoms with Crippen LogP contribution in [0.3, 0.4) is 0 Å². The van der Waals surface area contributed by atoms with Crippen LogP contribution in [0.2, 0.25) is 5.02 Å². The van der Waals surface area contributed by atoms with Crippen LogP contribution >= 0.6 is 22.9 Å². The lowest BCUT2D eigenvalue weighted by Crippen LogP contribution is -2.22. The molecule has 23 heavy (non-hydrogen) atoms. The van der Waals surface area contributed by atoms with Crippen molar-refractivity contribution in [3.63, 3.8) is 0 Å². The van der Waals surface area contributed by atoms with Gasteiger partial charge in [-0.1, -0.05) is 17.7 Å². The Balaban J connectivity index is 2.09. The molecule has 0 aliphatic heterocycles. The predicted octanol–water partition coefficient (Wildman–Crippen LogP) is 2.25. The standard InChI is InChI=1S/C14H15ClN2O4S2/c1-16-23(19,20)13-6-5-12(22-13)14(18)17-8-9-3-4-10(15)7-11(9)21-2/h3-7,16H,8H2,1-2H3,(H,17,18). The number of carbonyl (C=O) groups excluding carboxylic acids is 1. The Kier molecular flexibility index (Phi) is 5.64. The first-order valence-corrected chi connectivity index (χ1v) is 9.19. The number of amides is 1. The molecular formula is C14H15ClN2O4S2. The van der Waals surface area contributed by atoms with E-state index in [0.717, 1.165) is 16.9 Å². The van der Waals surface area contributed by atoms with Gasteiger partial charge in [0.05, 0.1) is 12.0 Å². The number of ether oxygens (including phenoxy) is 1. The summed E-state index contributed by atoms with van der Waals surface area (Å²) >= 11 is 6.79. The van der Waals surface area contributed by atoms with Gasteiger partial charge < -0.3 is 10.1 Å². The van der Waals surface area contributed by atoms with E-state index >= 15 is 0 Å². The maximum absolute atomic E-state index is 12.1. The minimum absolute atomic E-state index is 0.0919. The van der Waals surface area contributed by atoms with Gasteiger partial charge in [-0.25, -0.2) is 13.1 Å². The average Bonchev–Trinajstić information content (AvgIpc) is 3.04. The molecule has 0 atom stereocenters. The molecule has 0 unspecified atom stereocenters. The SMILES string of the molecule is CNS(=O)(=O)c1ccc(C(=O)NCc2ccc(Cl)cc2OC)s1. The zero-order valence-corrected chi connectivity index (χ0v) is 14.8. The molecule has 2 rings (SSSR count). The number of hydrogen-bond acceptors (Lipinski definition) is 5. The van der Waals surface area contributed by atoms with E-state index in [2.05, 4.69) is 10.0 Å². The van der Waals surface area contributed by atoms with Crippen LogP contribution in [0.15, 0.2) is 34.5 Å². The van der Waals surface area contributed by atoms with Crippen molar-refractivity contribution in [2.75, 3.05) is 14.2 Å². The second kappa shape index (κ2) is 7.31. The molecule has 0 saturated heterocycles. The molecule has 6 nitrogen and oxygen atoms in total. The number of methoxy groups -OCH3 is 1. The van der Waals surface area contributed by atoms with Crippen LogP contribution in [0.25, 0.3) is 0 Å². The number of rotatable bonds is 6. The molecule has 2 N–H and O–H groups in total. The zero-order chi connectivity index (χ0) is 17.0. The second-order valence-corrected chi connectivity index (χ2v) is 8.10. The Morgan fingerprint density at radius 2 is 2.04 bits per heavy atom. The lowest BCUT2D eigenvalue weighted by Gasteiger charge is -2.09. The Morgan fingerprint density at radius 3 is 2.70 bits per heavy atom. The lowest BCUT2D eigenvalue weighted by molar-refractivity contribution is 0.0954. The Bertz CT molecular complexity index is 818. The third-order valence-electron chi connectivity index (χ3n) is 3.03. The van der Waals surface area contributed by atoms with Crippen LogP contribution in [0.4, 0.5) is 0 Å². The highest BCUT2D eigenvalue weighted by Gasteiger charge is 2.17. The zero-order valence-electron chi connectivity index (χ0n) is 12.4. The maximum Gasteiger partial charge on any atom is 0.261 e. The van der Waals surface area contributed by atoms with Gasteiger partial charge in [0.2, 0.25) is 10.0 Å². The van der Waals surface area contributed by atoms with Crippen molar-refractivity contribution in [2.45, 2.75) is 10.8 Å². The van der Waals surface area contributed by atoms with Gasteiger partial charge in [0.15, 0.2) is 0 Å². The van der Waals surface area contributed by atoms with Crippen molar-refractivity contribution in [1.82, 2.24) is 10.0 Å². The number of halogens is 1. The van der Waals surface area contributed by atoms with Gasteiger partial charge in [-0.05, 0) is 31.3 Å². The van der Waals surface area contributed by atoms with E-state index in [1.165, 1.54) is 26.3 Å².